The molecule has 0 amide bonds. The molecule has 0 aromatic rings. The van der Waals surface area contributed by atoms with Crippen LogP contribution >= 0.6 is 0 Å². The fourth-order valence-corrected chi connectivity index (χ4v) is 1.56. The van der Waals surface area contributed by atoms with Gasteiger partial charge in [-0.2, -0.15) is 0 Å². The number of aliphatic hydroxyl groups excluding tert-OH is 3. The van der Waals surface area contributed by atoms with Crippen molar-refractivity contribution in [1.82, 2.24) is 5.01 Å². The standard InChI is InChI=1S/C8H14N2O8/c11-4-2-18-8(16,7(15)6(4)14)3-10(9-17)1-5(12)13/h4,6-7,11,14-16H,1-3H2,(H,12,13)/t4-,6-,7+,8?/m1/s1. The van der Waals surface area contributed by atoms with E-state index in [0.717, 1.165) is 0 Å². The maximum atomic E-state index is 10.4. The van der Waals surface area contributed by atoms with E-state index in [2.05, 4.69) is 5.29 Å². The van der Waals surface area contributed by atoms with E-state index < -0.39 is 49.8 Å². The van der Waals surface area contributed by atoms with Gasteiger partial charge < -0.3 is 30.3 Å². The van der Waals surface area contributed by atoms with E-state index in [9.17, 15) is 30.1 Å². The monoisotopic (exact) mass is 266 g/mol. The van der Waals surface area contributed by atoms with Crippen molar-refractivity contribution in [2.75, 3.05) is 19.7 Å². The van der Waals surface area contributed by atoms with Gasteiger partial charge >= 0.3 is 5.97 Å². The Kier molecular flexibility index (Phi) is 4.53. The van der Waals surface area contributed by atoms with Crippen molar-refractivity contribution >= 4 is 5.97 Å². The predicted octanol–water partition coefficient (Wildman–Crippen LogP) is -3.14. The zero-order valence-electron chi connectivity index (χ0n) is 9.21. The molecule has 0 aromatic heterocycles. The lowest BCUT2D eigenvalue weighted by Crippen LogP contribution is -2.64. The summed E-state index contributed by atoms with van der Waals surface area (Å²) in [7, 11) is 0. The van der Waals surface area contributed by atoms with Gasteiger partial charge in [-0.3, -0.25) is 4.79 Å². The number of carboxylic acids is 1. The van der Waals surface area contributed by atoms with Gasteiger partial charge in [0, 0.05) is 0 Å². The summed E-state index contributed by atoms with van der Waals surface area (Å²) < 4.78 is 4.74. The molecule has 0 bridgehead atoms. The Bertz CT molecular complexity index is 326. The maximum Gasteiger partial charge on any atom is 0.325 e. The van der Waals surface area contributed by atoms with Crippen molar-refractivity contribution in [1.29, 1.82) is 0 Å². The maximum absolute atomic E-state index is 10.4. The molecule has 10 heteroatoms. The second-order valence-electron chi connectivity index (χ2n) is 3.96. The van der Waals surface area contributed by atoms with Crippen LogP contribution in [-0.2, 0) is 9.53 Å². The van der Waals surface area contributed by atoms with Crippen LogP contribution in [0.5, 0.6) is 0 Å². The molecular weight excluding hydrogens is 252 g/mol. The first kappa shape index (κ1) is 14.7. The second kappa shape index (κ2) is 5.54. The molecule has 0 aliphatic carbocycles. The minimum absolute atomic E-state index is 0.413. The topological polar surface area (TPSA) is 160 Å². The summed E-state index contributed by atoms with van der Waals surface area (Å²) in [5.41, 5.74) is 0. The summed E-state index contributed by atoms with van der Waals surface area (Å²) >= 11 is 0. The third-order valence-corrected chi connectivity index (χ3v) is 2.53. The molecule has 18 heavy (non-hydrogen) atoms. The Morgan fingerprint density at radius 1 is 1.44 bits per heavy atom. The van der Waals surface area contributed by atoms with Gasteiger partial charge in [-0.15, -0.1) is 4.91 Å². The van der Waals surface area contributed by atoms with Crippen LogP contribution in [0.3, 0.4) is 0 Å². The van der Waals surface area contributed by atoms with Crippen molar-refractivity contribution < 1.29 is 35.1 Å². The Hall–Kier alpha value is -1.33. The van der Waals surface area contributed by atoms with Gasteiger partial charge in [-0.1, -0.05) is 0 Å². The molecule has 0 radical (unpaired) electrons. The van der Waals surface area contributed by atoms with Crippen LogP contribution in [-0.4, -0.2) is 80.3 Å². The van der Waals surface area contributed by atoms with E-state index in [1.165, 1.54) is 0 Å². The van der Waals surface area contributed by atoms with Gasteiger partial charge in [0.15, 0.2) is 0 Å². The molecule has 1 saturated heterocycles. The van der Waals surface area contributed by atoms with Crippen LogP contribution in [0.4, 0.5) is 0 Å². The number of carbonyl (C=O) groups is 1. The van der Waals surface area contributed by atoms with Gasteiger partial charge in [0.2, 0.25) is 5.79 Å². The zero-order chi connectivity index (χ0) is 13.9. The average Bonchev–Trinajstić information content (AvgIpc) is 2.31. The molecule has 4 atom stereocenters. The first-order chi connectivity index (χ1) is 8.30. The molecule has 1 unspecified atom stereocenters. The second-order valence-corrected chi connectivity index (χ2v) is 3.96. The lowest BCUT2D eigenvalue weighted by atomic mass is 9.97. The molecule has 0 spiro atoms. The van der Waals surface area contributed by atoms with Crippen molar-refractivity contribution in [2.24, 2.45) is 5.29 Å². The predicted molar refractivity (Wildman–Crippen MR) is 53.9 cm³/mol. The molecule has 10 nitrogen and oxygen atoms in total. The number of rotatable bonds is 5. The number of nitrogens with zero attached hydrogens (tertiary/aromatic N) is 2. The number of hydrogen-bond acceptors (Lipinski definition) is 8. The molecule has 1 aliphatic rings. The van der Waals surface area contributed by atoms with E-state index in [0.29, 0.717) is 5.01 Å². The van der Waals surface area contributed by atoms with Gasteiger partial charge in [-0.25, -0.2) is 5.01 Å². The van der Waals surface area contributed by atoms with Crippen molar-refractivity contribution in [2.45, 2.75) is 24.1 Å². The van der Waals surface area contributed by atoms with E-state index in [4.69, 9.17) is 9.84 Å². The number of ether oxygens (including phenoxy) is 1. The molecule has 1 heterocycles. The zero-order valence-corrected chi connectivity index (χ0v) is 9.21. The highest BCUT2D eigenvalue weighted by molar-refractivity contribution is 5.69. The Morgan fingerprint density at radius 2 is 2.06 bits per heavy atom. The number of nitroso groups, excluding NO2 is 1. The van der Waals surface area contributed by atoms with E-state index in [-0.39, 0.29) is 0 Å². The van der Waals surface area contributed by atoms with Gasteiger partial charge in [-0.05, 0) is 0 Å². The first-order valence-electron chi connectivity index (χ1n) is 5.00. The fourth-order valence-electron chi connectivity index (χ4n) is 1.56. The van der Waals surface area contributed by atoms with E-state index >= 15 is 0 Å². The van der Waals surface area contributed by atoms with Crippen molar-refractivity contribution in [3.05, 3.63) is 4.91 Å². The van der Waals surface area contributed by atoms with E-state index in [1.807, 2.05) is 0 Å². The number of aliphatic hydroxyl groups is 4. The molecule has 0 saturated carbocycles. The summed E-state index contributed by atoms with van der Waals surface area (Å²) in [5.74, 6) is -3.76. The lowest BCUT2D eigenvalue weighted by Gasteiger charge is -2.42. The summed E-state index contributed by atoms with van der Waals surface area (Å²) in [6.07, 6.45) is -4.97. The highest BCUT2D eigenvalue weighted by Gasteiger charge is 2.49. The number of carboxylic acid groups (broad SMARTS) is 1. The summed E-state index contributed by atoms with van der Waals surface area (Å²) in [5, 5.41) is 49.2. The van der Waals surface area contributed by atoms with Crippen LogP contribution in [0.2, 0.25) is 0 Å². The minimum Gasteiger partial charge on any atom is -0.480 e. The largest absolute Gasteiger partial charge is 0.480 e. The van der Waals surface area contributed by atoms with Crippen molar-refractivity contribution in [3.63, 3.8) is 0 Å². The Labute approximate surface area is 101 Å². The van der Waals surface area contributed by atoms with Crippen LogP contribution in [0, 0.1) is 4.91 Å². The highest BCUT2D eigenvalue weighted by Crippen LogP contribution is 2.25. The molecule has 1 rings (SSSR count). The smallest absolute Gasteiger partial charge is 0.325 e. The Morgan fingerprint density at radius 3 is 2.56 bits per heavy atom. The molecule has 104 valence electrons. The van der Waals surface area contributed by atoms with Gasteiger partial charge in [0.25, 0.3) is 0 Å². The molecule has 5 N–H and O–H groups in total. The SMILES string of the molecule is O=NN(CC(=O)O)CC1(O)OC[C@@H](O)[C@@H](O)[C@@H]1O. The third kappa shape index (κ3) is 3.11. The third-order valence-electron chi connectivity index (χ3n) is 2.53. The van der Waals surface area contributed by atoms with Gasteiger partial charge in [0.05, 0.1) is 18.4 Å². The lowest BCUT2D eigenvalue weighted by molar-refractivity contribution is -0.325. The fraction of sp³-hybridized carbons (Fsp3) is 0.875. The van der Waals surface area contributed by atoms with Crippen LogP contribution in [0.25, 0.3) is 0 Å². The molecule has 0 aromatic carbocycles. The summed E-state index contributed by atoms with van der Waals surface area (Å²) in [4.78, 5) is 20.8. The summed E-state index contributed by atoms with van der Waals surface area (Å²) in [6, 6.07) is 0. The van der Waals surface area contributed by atoms with Crippen LogP contribution in [0.15, 0.2) is 5.29 Å². The number of aliphatic carboxylic acids is 1. The van der Waals surface area contributed by atoms with E-state index in [1.54, 1.807) is 0 Å². The number of hydrogen-bond donors (Lipinski definition) is 5. The summed E-state index contributed by atoms with van der Waals surface area (Å²) in [6.45, 7) is -2.04. The van der Waals surface area contributed by atoms with Crippen LogP contribution in [0.1, 0.15) is 0 Å². The van der Waals surface area contributed by atoms with Crippen LogP contribution < -0.4 is 0 Å². The minimum atomic E-state index is -2.39. The van der Waals surface area contributed by atoms with Gasteiger partial charge in [0.1, 0.15) is 24.9 Å². The molecular formula is C8H14N2O8. The molecule has 1 fully saturated rings. The normalized spacial score (nSPS) is 36.1. The first-order valence-corrected chi connectivity index (χ1v) is 5.00. The quantitative estimate of drug-likeness (QED) is 0.256. The highest BCUT2D eigenvalue weighted by atomic mass is 16.6. The van der Waals surface area contributed by atoms with Crippen molar-refractivity contribution in [3.8, 4) is 0 Å². The average molecular weight is 266 g/mol. The Balaban J connectivity index is 2.73. The molecule has 1 aliphatic heterocycles.